The molecule has 2 aromatic carbocycles. The van der Waals surface area contributed by atoms with Crippen LogP contribution in [0.4, 0.5) is 11.4 Å². The molecule has 0 bridgehead atoms. The first-order chi connectivity index (χ1) is 13.6. The number of nitrogens with zero attached hydrogens (tertiary/aromatic N) is 1. The maximum atomic E-state index is 13.0. The highest BCUT2D eigenvalue weighted by atomic mass is 79.9. The van der Waals surface area contributed by atoms with Crippen LogP contribution < -0.4 is 10.4 Å². The van der Waals surface area contributed by atoms with Crippen molar-refractivity contribution in [3.8, 4) is 0 Å². The lowest BCUT2D eigenvalue weighted by atomic mass is 9.65. The first-order valence-electron chi connectivity index (χ1n) is 9.56. The number of carbonyl (C=O) groups excluding carboxylic acids is 2. The molecule has 0 saturated heterocycles. The van der Waals surface area contributed by atoms with E-state index in [0.717, 1.165) is 10.0 Å². The molecular formula is C23H24BrN2O3-. The van der Waals surface area contributed by atoms with Crippen LogP contribution in [0.25, 0.3) is 0 Å². The lowest BCUT2D eigenvalue weighted by Crippen LogP contribution is -2.49. The number of anilines is 1. The van der Waals surface area contributed by atoms with Gasteiger partial charge in [-0.2, -0.15) is 0 Å². The van der Waals surface area contributed by atoms with E-state index in [4.69, 9.17) is 0 Å². The summed E-state index contributed by atoms with van der Waals surface area (Å²) in [5.74, 6) is -1.71. The average Bonchev–Trinajstić information content (AvgIpc) is 2.93. The Bertz CT molecular complexity index is 953. The molecule has 0 aliphatic heterocycles. The molecule has 3 rings (SSSR count). The lowest BCUT2D eigenvalue weighted by Gasteiger charge is -2.41. The molecule has 1 saturated carbocycles. The van der Waals surface area contributed by atoms with E-state index in [9.17, 15) is 14.7 Å². The van der Waals surface area contributed by atoms with E-state index >= 15 is 0 Å². The standard InChI is InChI=1S/C23H25BrN2O3/c1-22(2)17(12-13-23(22,3)21(28)29)20(27)26-19-7-5-4-6-18(19)25-14-15-8-10-16(24)11-9-15/h4-11,14,17H,12-13H2,1-3H3,(H,26,27)(H,28,29)/p-1/t17-,23+/m0/s1. The molecule has 1 aliphatic rings. The predicted molar refractivity (Wildman–Crippen MR) is 116 cm³/mol. The summed E-state index contributed by atoms with van der Waals surface area (Å²) in [4.78, 5) is 29.2. The van der Waals surface area contributed by atoms with Gasteiger partial charge in [0, 0.05) is 28.0 Å². The molecule has 0 unspecified atom stereocenters. The van der Waals surface area contributed by atoms with Gasteiger partial charge in [-0.25, -0.2) is 0 Å². The van der Waals surface area contributed by atoms with Crippen molar-refractivity contribution in [1.29, 1.82) is 0 Å². The van der Waals surface area contributed by atoms with Crippen molar-refractivity contribution in [3.63, 3.8) is 0 Å². The zero-order valence-corrected chi connectivity index (χ0v) is 18.3. The van der Waals surface area contributed by atoms with Gasteiger partial charge in [-0.05, 0) is 48.1 Å². The second kappa shape index (κ2) is 8.11. The average molecular weight is 456 g/mol. The summed E-state index contributed by atoms with van der Waals surface area (Å²) in [6.07, 6.45) is 2.67. The largest absolute Gasteiger partial charge is 0.550 e. The summed E-state index contributed by atoms with van der Waals surface area (Å²) in [7, 11) is 0. The molecule has 0 spiro atoms. The van der Waals surface area contributed by atoms with Gasteiger partial charge in [-0.15, -0.1) is 0 Å². The third-order valence-corrected chi connectivity index (χ3v) is 6.91. The molecule has 2 aromatic rings. The summed E-state index contributed by atoms with van der Waals surface area (Å²) in [6, 6.07) is 15.1. The topological polar surface area (TPSA) is 81.6 Å². The van der Waals surface area contributed by atoms with E-state index in [0.29, 0.717) is 24.2 Å². The van der Waals surface area contributed by atoms with Crippen molar-refractivity contribution in [2.75, 3.05) is 5.32 Å². The summed E-state index contributed by atoms with van der Waals surface area (Å²) >= 11 is 3.41. The van der Waals surface area contributed by atoms with Gasteiger partial charge in [-0.3, -0.25) is 9.79 Å². The predicted octanol–water partition coefficient (Wildman–Crippen LogP) is 4.33. The highest BCUT2D eigenvalue weighted by Crippen LogP contribution is 2.56. The molecule has 1 N–H and O–H groups in total. The van der Waals surface area contributed by atoms with Crippen LogP contribution in [0.1, 0.15) is 39.2 Å². The van der Waals surface area contributed by atoms with Gasteiger partial charge in [0.15, 0.2) is 0 Å². The van der Waals surface area contributed by atoms with Crippen LogP contribution in [-0.2, 0) is 9.59 Å². The minimum absolute atomic E-state index is 0.189. The van der Waals surface area contributed by atoms with E-state index < -0.39 is 22.7 Å². The van der Waals surface area contributed by atoms with E-state index in [-0.39, 0.29) is 5.91 Å². The van der Waals surface area contributed by atoms with Crippen LogP contribution in [0.5, 0.6) is 0 Å². The van der Waals surface area contributed by atoms with Gasteiger partial charge >= 0.3 is 0 Å². The molecule has 1 aliphatic carbocycles. The number of carbonyl (C=O) groups is 2. The normalized spacial score (nSPS) is 23.2. The number of benzene rings is 2. The van der Waals surface area contributed by atoms with Gasteiger partial charge in [0.05, 0.1) is 11.4 Å². The third-order valence-electron chi connectivity index (χ3n) is 6.38. The molecule has 1 amide bonds. The minimum Gasteiger partial charge on any atom is -0.550 e. The van der Waals surface area contributed by atoms with Crippen molar-refractivity contribution < 1.29 is 14.7 Å². The Morgan fingerprint density at radius 1 is 1.14 bits per heavy atom. The molecule has 1 fully saturated rings. The summed E-state index contributed by atoms with van der Waals surface area (Å²) in [5.41, 5.74) is 0.432. The molecule has 2 atom stereocenters. The fourth-order valence-corrected chi connectivity index (χ4v) is 4.19. The Labute approximate surface area is 179 Å². The Balaban J connectivity index is 1.80. The Kier molecular flexibility index (Phi) is 5.94. The number of hydrogen-bond acceptors (Lipinski definition) is 4. The van der Waals surface area contributed by atoms with Gasteiger partial charge in [0.25, 0.3) is 0 Å². The van der Waals surface area contributed by atoms with E-state index in [1.807, 2.05) is 56.3 Å². The molecular weight excluding hydrogens is 432 g/mol. The van der Waals surface area contributed by atoms with Crippen LogP contribution in [0, 0.1) is 16.7 Å². The highest BCUT2D eigenvalue weighted by molar-refractivity contribution is 9.10. The van der Waals surface area contributed by atoms with Crippen LogP contribution >= 0.6 is 15.9 Å². The van der Waals surface area contributed by atoms with Crippen molar-refractivity contribution in [2.45, 2.75) is 33.6 Å². The lowest BCUT2D eigenvalue weighted by molar-refractivity contribution is -0.323. The van der Waals surface area contributed by atoms with Crippen molar-refractivity contribution in [3.05, 3.63) is 58.6 Å². The highest BCUT2D eigenvalue weighted by Gasteiger charge is 2.54. The number of rotatable bonds is 5. The molecule has 152 valence electrons. The Morgan fingerprint density at radius 3 is 2.41 bits per heavy atom. The summed E-state index contributed by atoms with van der Waals surface area (Å²) < 4.78 is 0.991. The molecule has 6 heteroatoms. The summed E-state index contributed by atoms with van der Waals surface area (Å²) in [5, 5.41) is 14.7. The monoisotopic (exact) mass is 455 g/mol. The number of nitrogens with one attached hydrogen (secondary N) is 1. The smallest absolute Gasteiger partial charge is 0.228 e. The first kappa shape index (κ1) is 21.2. The van der Waals surface area contributed by atoms with Crippen LogP contribution in [0.2, 0.25) is 0 Å². The van der Waals surface area contributed by atoms with Gasteiger partial charge in [0.1, 0.15) is 0 Å². The van der Waals surface area contributed by atoms with E-state index in [1.165, 1.54) is 0 Å². The van der Waals surface area contributed by atoms with Crippen molar-refractivity contribution >= 4 is 45.4 Å². The zero-order valence-electron chi connectivity index (χ0n) is 16.7. The molecule has 0 heterocycles. The zero-order chi connectivity index (χ0) is 21.2. The second-order valence-electron chi connectivity index (χ2n) is 8.25. The maximum absolute atomic E-state index is 13.0. The van der Waals surface area contributed by atoms with Crippen molar-refractivity contribution in [2.24, 2.45) is 21.7 Å². The number of carboxylic acids is 1. The number of aliphatic carboxylic acids is 1. The molecule has 5 nitrogen and oxygen atoms in total. The number of aliphatic imine (C=N–C) groups is 1. The van der Waals surface area contributed by atoms with E-state index in [2.05, 4.69) is 26.2 Å². The Morgan fingerprint density at radius 2 is 1.79 bits per heavy atom. The molecule has 29 heavy (non-hydrogen) atoms. The second-order valence-corrected chi connectivity index (χ2v) is 9.16. The van der Waals surface area contributed by atoms with E-state index in [1.54, 1.807) is 19.2 Å². The van der Waals surface area contributed by atoms with Crippen molar-refractivity contribution in [1.82, 2.24) is 0 Å². The van der Waals surface area contributed by atoms with Crippen LogP contribution in [0.3, 0.4) is 0 Å². The molecule has 0 aromatic heterocycles. The summed E-state index contributed by atoms with van der Waals surface area (Å²) in [6.45, 7) is 5.33. The SMILES string of the molecule is CC1(C)[C@H](C(=O)Nc2ccccc2N=Cc2ccc(Br)cc2)CC[C@]1(C)C(=O)[O-]. The number of para-hydroxylation sites is 2. The van der Waals surface area contributed by atoms with Gasteiger partial charge in [-0.1, -0.05) is 61.0 Å². The number of hydrogen-bond donors (Lipinski definition) is 1. The van der Waals surface area contributed by atoms with Gasteiger partial charge < -0.3 is 15.2 Å². The first-order valence-corrected chi connectivity index (χ1v) is 10.4. The van der Waals surface area contributed by atoms with Gasteiger partial charge in [0.2, 0.25) is 5.91 Å². The number of amides is 1. The van der Waals surface area contributed by atoms with Crippen LogP contribution in [-0.4, -0.2) is 18.1 Å². The third kappa shape index (κ3) is 4.13. The molecule has 0 radical (unpaired) electrons. The maximum Gasteiger partial charge on any atom is 0.228 e. The number of halogens is 1. The quantitative estimate of drug-likeness (QED) is 0.680. The fourth-order valence-electron chi connectivity index (χ4n) is 3.93. The number of carboxylic acid groups (broad SMARTS) is 1. The minimum atomic E-state index is -1.10. The van der Waals surface area contributed by atoms with Crippen LogP contribution in [0.15, 0.2) is 58.0 Å². The Hall–Kier alpha value is -2.47. The fraction of sp³-hybridized carbons (Fsp3) is 0.348.